The Balaban J connectivity index is 2.05. The van der Waals surface area contributed by atoms with Gasteiger partial charge in [0.05, 0.1) is 19.8 Å². The zero-order valence-electron chi connectivity index (χ0n) is 11.5. The van der Waals surface area contributed by atoms with E-state index in [0.717, 1.165) is 0 Å². The molecule has 1 aromatic heterocycles. The molecule has 0 spiro atoms. The standard InChI is InChI=1S/C14H15NO5/c1-9-6-11(15-20-9)8-19-14(16)10-4-5-12(17-2)13(7-10)18-3/h4-7H,8H2,1-3H3. The highest BCUT2D eigenvalue weighted by Gasteiger charge is 2.12. The maximum atomic E-state index is 11.9. The van der Waals surface area contributed by atoms with Crippen molar-refractivity contribution in [3.8, 4) is 11.5 Å². The van der Waals surface area contributed by atoms with E-state index in [0.29, 0.717) is 28.5 Å². The third-order valence-corrected chi connectivity index (χ3v) is 2.65. The number of ether oxygens (including phenoxy) is 3. The van der Waals surface area contributed by atoms with E-state index in [-0.39, 0.29) is 6.61 Å². The highest BCUT2D eigenvalue weighted by Crippen LogP contribution is 2.27. The molecule has 2 rings (SSSR count). The molecule has 2 aromatic rings. The van der Waals surface area contributed by atoms with Crippen LogP contribution in [0.1, 0.15) is 21.8 Å². The lowest BCUT2D eigenvalue weighted by molar-refractivity contribution is 0.0464. The molecule has 0 aliphatic rings. The largest absolute Gasteiger partial charge is 0.493 e. The molecule has 1 heterocycles. The van der Waals surface area contributed by atoms with Gasteiger partial charge in [-0.15, -0.1) is 0 Å². The highest BCUT2D eigenvalue weighted by atomic mass is 16.5. The number of carbonyl (C=O) groups excluding carboxylic acids is 1. The molecule has 0 aliphatic carbocycles. The van der Waals surface area contributed by atoms with E-state index in [4.69, 9.17) is 18.7 Å². The van der Waals surface area contributed by atoms with Gasteiger partial charge in [0.25, 0.3) is 0 Å². The van der Waals surface area contributed by atoms with Crippen molar-refractivity contribution in [3.63, 3.8) is 0 Å². The van der Waals surface area contributed by atoms with Gasteiger partial charge < -0.3 is 18.7 Å². The maximum absolute atomic E-state index is 11.9. The molecular weight excluding hydrogens is 262 g/mol. The van der Waals surface area contributed by atoms with Gasteiger partial charge in [0, 0.05) is 6.07 Å². The lowest BCUT2D eigenvalue weighted by Crippen LogP contribution is -2.06. The van der Waals surface area contributed by atoms with Gasteiger partial charge in [0.1, 0.15) is 18.1 Å². The summed E-state index contributed by atoms with van der Waals surface area (Å²) in [6.07, 6.45) is 0. The fraction of sp³-hybridized carbons (Fsp3) is 0.286. The Morgan fingerprint density at radius 2 is 1.95 bits per heavy atom. The summed E-state index contributed by atoms with van der Waals surface area (Å²) in [6, 6.07) is 6.53. The van der Waals surface area contributed by atoms with Gasteiger partial charge >= 0.3 is 5.97 Å². The van der Waals surface area contributed by atoms with Crippen LogP contribution in [0, 0.1) is 6.92 Å². The van der Waals surface area contributed by atoms with Crippen LogP contribution in [-0.4, -0.2) is 25.3 Å². The third-order valence-electron chi connectivity index (χ3n) is 2.65. The van der Waals surface area contributed by atoms with Crippen molar-refractivity contribution in [2.24, 2.45) is 0 Å². The first-order valence-corrected chi connectivity index (χ1v) is 5.95. The Morgan fingerprint density at radius 3 is 2.55 bits per heavy atom. The minimum absolute atomic E-state index is 0.0600. The Bertz CT molecular complexity index is 605. The first kappa shape index (κ1) is 13.9. The average molecular weight is 277 g/mol. The lowest BCUT2D eigenvalue weighted by atomic mass is 10.2. The molecule has 0 unspecified atom stereocenters. The van der Waals surface area contributed by atoms with E-state index in [1.165, 1.54) is 14.2 Å². The second kappa shape index (κ2) is 6.10. The van der Waals surface area contributed by atoms with E-state index in [9.17, 15) is 4.79 Å². The van der Waals surface area contributed by atoms with Crippen LogP contribution in [0.5, 0.6) is 11.5 Å². The molecule has 0 bridgehead atoms. The number of nitrogens with zero attached hydrogens (tertiary/aromatic N) is 1. The van der Waals surface area contributed by atoms with Gasteiger partial charge in [-0.1, -0.05) is 5.16 Å². The predicted molar refractivity (Wildman–Crippen MR) is 69.9 cm³/mol. The molecule has 1 aromatic carbocycles. The van der Waals surface area contributed by atoms with Gasteiger partial charge in [0.2, 0.25) is 0 Å². The highest BCUT2D eigenvalue weighted by molar-refractivity contribution is 5.90. The molecule has 0 atom stereocenters. The smallest absolute Gasteiger partial charge is 0.338 e. The Morgan fingerprint density at radius 1 is 1.20 bits per heavy atom. The van der Waals surface area contributed by atoms with E-state index in [2.05, 4.69) is 5.16 Å². The lowest BCUT2D eigenvalue weighted by Gasteiger charge is -2.09. The predicted octanol–water partition coefficient (Wildman–Crippen LogP) is 2.36. The van der Waals surface area contributed by atoms with Crippen molar-refractivity contribution in [3.05, 3.63) is 41.3 Å². The number of hydrogen-bond acceptors (Lipinski definition) is 6. The summed E-state index contributed by atoms with van der Waals surface area (Å²) < 4.78 is 20.3. The quantitative estimate of drug-likeness (QED) is 0.781. The van der Waals surface area contributed by atoms with Crippen LogP contribution in [0.25, 0.3) is 0 Å². The number of rotatable bonds is 5. The first-order chi connectivity index (χ1) is 9.63. The summed E-state index contributed by atoms with van der Waals surface area (Å²) in [7, 11) is 3.04. The van der Waals surface area contributed by atoms with Gasteiger partial charge in [-0.2, -0.15) is 0 Å². The summed E-state index contributed by atoms with van der Waals surface area (Å²) in [5.74, 6) is 1.23. The van der Waals surface area contributed by atoms with Gasteiger partial charge in [0.15, 0.2) is 11.5 Å². The Labute approximate surface area is 116 Å². The topological polar surface area (TPSA) is 70.8 Å². The number of methoxy groups -OCH3 is 2. The van der Waals surface area contributed by atoms with Crippen LogP contribution < -0.4 is 9.47 Å². The minimum Gasteiger partial charge on any atom is -0.493 e. The van der Waals surface area contributed by atoms with Crippen molar-refractivity contribution >= 4 is 5.97 Å². The van der Waals surface area contributed by atoms with Crippen molar-refractivity contribution in [1.29, 1.82) is 0 Å². The number of carbonyl (C=O) groups is 1. The van der Waals surface area contributed by atoms with E-state index in [1.54, 1.807) is 31.2 Å². The van der Waals surface area contributed by atoms with Gasteiger partial charge in [-0.25, -0.2) is 4.79 Å². The summed E-state index contributed by atoms with van der Waals surface area (Å²) >= 11 is 0. The molecule has 20 heavy (non-hydrogen) atoms. The third kappa shape index (κ3) is 3.09. The maximum Gasteiger partial charge on any atom is 0.338 e. The van der Waals surface area contributed by atoms with E-state index < -0.39 is 5.97 Å². The zero-order chi connectivity index (χ0) is 14.5. The van der Waals surface area contributed by atoms with Crippen molar-refractivity contribution in [2.45, 2.75) is 13.5 Å². The molecule has 0 aliphatic heterocycles. The zero-order valence-corrected chi connectivity index (χ0v) is 11.5. The Hall–Kier alpha value is -2.50. The molecule has 0 radical (unpaired) electrons. The normalized spacial score (nSPS) is 10.2. The van der Waals surface area contributed by atoms with Crippen LogP contribution in [0.3, 0.4) is 0 Å². The number of esters is 1. The molecular formula is C14H15NO5. The summed E-state index contributed by atoms with van der Waals surface area (Å²) in [5, 5.41) is 3.75. The molecule has 106 valence electrons. The minimum atomic E-state index is -0.466. The molecule has 0 saturated heterocycles. The van der Waals surface area contributed by atoms with Crippen LogP contribution in [0.15, 0.2) is 28.8 Å². The van der Waals surface area contributed by atoms with Gasteiger partial charge in [-0.3, -0.25) is 0 Å². The molecule has 6 heteroatoms. The van der Waals surface area contributed by atoms with Crippen molar-refractivity contribution in [1.82, 2.24) is 5.16 Å². The van der Waals surface area contributed by atoms with Crippen molar-refractivity contribution in [2.75, 3.05) is 14.2 Å². The summed E-state index contributed by atoms with van der Waals surface area (Å²) in [6.45, 7) is 1.83. The second-order valence-electron chi connectivity index (χ2n) is 4.07. The van der Waals surface area contributed by atoms with Crippen LogP contribution in [0.4, 0.5) is 0 Å². The van der Waals surface area contributed by atoms with E-state index in [1.807, 2.05) is 0 Å². The van der Waals surface area contributed by atoms with Crippen LogP contribution in [0.2, 0.25) is 0 Å². The number of aromatic nitrogens is 1. The molecule has 0 saturated carbocycles. The molecule has 6 nitrogen and oxygen atoms in total. The fourth-order valence-corrected chi connectivity index (χ4v) is 1.67. The first-order valence-electron chi connectivity index (χ1n) is 5.95. The average Bonchev–Trinajstić information content (AvgIpc) is 2.89. The summed E-state index contributed by atoms with van der Waals surface area (Å²) in [4.78, 5) is 11.9. The van der Waals surface area contributed by atoms with Crippen molar-refractivity contribution < 1.29 is 23.5 Å². The fourth-order valence-electron chi connectivity index (χ4n) is 1.67. The molecule has 0 fully saturated rings. The number of aryl methyl sites for hydroxylation is 1. The van der Waals surface area contributed by atoms with E-state index >= 15 is 0 Å². The number of hydrogen-bond donors (Lipinski definition) is 0. The second-order valence-corrected chi connectivity index (χ2v) is 4.07. The number of benzene rings is 1. The molecule has 0 amide bonds. The SMILES string of the molecule is COc1ccc(C(=O)OCc2cc(C)on2)cc1OC. The van der Waals surface area contributed by atoms with Gasteiger partial charge in [-0.05, 0) is 25.1 Å². The monoisotopic (exact) mass is 277 g/mol. The van der Waals surface area contributed by atoms with Crippen LogP contribution in [-0.2, 0) is 11.3 Å². The molecule has 0 N–H and O–H groups in total. The Kier molecular flexibility index (Phi) is 4.24. The summed E-state index contributed by atoms with van der Waals surface area (Å²) in [5.41, 5.74) is 0.944. The van der Waals surface area contributed by atoms with Crippen LogP contribution >= 0.6 is 0 Å².